The second-order valence-electron chi connectivity index (χ2n) is 4.56. The van der Waals surface area contributed by atoms with Crippen molar-refractivity contribution in [2.45, 2.75) is 0 Å². The number of nitrogens with one attached hydrogen (secondary N) is 1. The molecule has 0 aromatic heterocycles. The van der Waals surface area contributed by atoms with Gasteiger partial charge in [-0.05, 0) is 19.2 Å². The number of carbonyl (C=O) groups excluding carboxylic acids is 2. The monoisotopic (exact) mass is 265 g/mol. The molecule has 1 amide bonds. The molecule has 5 nitrogen and oxygen atoms in total. The van der Waals surface area contributed by atoms with Gasteiger partial charge in [0.05, 0.1) is 17.6 Å². The third kappa shape index (κ3) is 3.08. The standard InChI is InChI=1S/C13H16FN3O2/c1-16-6-8-17(9-7-16)5-3-11-10(2-4-14)12(18)13(19)15-11/h2-5H,6-9H2,1H3,(H,15,18,19)/b4-2+,5-3+. The number of amides is 1. The fourth-order valence-electron chi connectivity index (χ4n) is 2.00. The summed E-state index contributed by atoms with van der Waals surface area (Å²) in [5, 5.41) is 2.44. The van der Waals surface area contributed by atoms with Crippen molar-refractivity contribution in [1.29, 1.82) is 0 Å². The van der Waals surface area contributed by atoms with E-state index in [1.165, 1.54) is 0 Å². The number of hydrogen-bond donors (Lipinski definition) is 1. The number of hydrogen-bond acceptors (Lipinski definition) is 4. The highest BCUT2D eigenvalue weighted by Gasteiger charge is 2.28. The first kappa shape index (κ1) is 13.5. The zero-order chi connectivity index (χ0) is 13.8. The van der Waals surface area contributed by atoms with Gasteiger partial charge in [0, 0.05) is 32.4 Å². The maximum atomic E-state index is 12.2. The van der Waals surface area contributed by atoms with Crippen molar-refractivity contribution < 1.29 is 14.0 Å². The largest absolute Gasteiger partial charge is 0.375 e. The summed E-state index contributed by atoms with van der Waals surface area (Å²) in [6, 6.07) is 0. The van der Waals surface area contributed by atoms with Crippen LogP contribution < -0.4 is 5.32 Å². The molecule has 19 heavy (non-hydrogen) atoms. The van der Waals surface area contributed by atoms with Crippen molar-refractivity contribution >= 4 is 11.7 Å². The molecule has 1 saturated heterocycles. The lowest BCUT2D eigenvalue weighted by Gasteiger charge is -2.31. The van der Waals surface area contributed by atoms with Gasteiger partial charge in [-0.1, -0.05) is 0 Å². The Hall–Kier alpha value is -1.95. The summed E-state index contributed by atoms with van der Waals surface area (Å²) in [5.74, 6) is -1.42. The van der Waals surface area contributed by atoms with Gasteiger partial charge in [0.25, 0.3) is 11.7 Å². The SMILES string of the molecule is CN1CCN(/C=C/C2=C(/C=C/F)C(=O)C(=O)N2)CC1. The molecule has 0 bridgehead atoms. The summed E-state index contributed by atoms with van der Waals surface area (Å²) < 4.78 is 12.2. The number of nitrogens with zero attached hydrogens (tertiary/aromatic N) is 2. The molecule has 1 N–H and O–H groups in total. The molecule has 2 aliphatic heterocycles. The van der Waals surface area contributed by atoms with E-state index < -0.39 is 11.7 Å². The fraction of sp³-hybridized carbons (Fsp3) is 0.385. The van der Waals surface area contributed by atoms with E-state index in [0.717, 1.165) is 32.3 Å². The van der Waals surface area contributed by atoms with Crippen LogP contribution in [0.25, 0.3) is 0 Å². The first-order valence-corrected chi connectivity index (χ1v) is 6.09. The Morgan fingerprint density at radius 2 is 1.84 bits per heavy atom. The fourth-order valence-corrected chi connectivity index (χ4v) is 2.00. The van der Waals surface area contributed by atoms with Gasteiger partial charge < -0.3 is 15.1 Å². The maximum Gasteiger partial charge on any atom is 0.296 e. The second kappa shape index (κ2) is 5.79. The van der Waals surface area contributed by atoms with Crippen LogP contribution in [0.2, 0.25) is 0 Å². The Balaban J connectivity index is 2.08. The molecule has 0 unspecified atom stereocenters. The van der Waals surface area contributed by atoms with Crippen molar-refractivity contribution in [3.05, 3.63) is 36.0 Å². The average Bonchev–Trinajstić information content (AvgIpc) is 2.66. The smallest absolute Gasteiger partial charge is 0.296 e. The molecule has 6 heteroatoms. The Kier molecular flexibility index (Phi) is 4.11. The molecule has 0 aromatic carbocycles. The summed E-state index contributed by atoms with van der Waals surface area (Å²) in [5.41, 5.74) is 0.417. The highest BCUT2D eigenvalue weighted by molar-refractivity contribution is 6.46. The zero-order valence-corrected chi connectivity index (χ0v) is 10.7. The van der Waals surface area contributed by atoms with E-state index in [2.05, 4.69) is 22.2 Å². The average molecular weight is 265 g/mol. The van der Waals surface area contributed by atoms with Gasteiger partial charge in [-0.2, -0.15) is 0 Å². The van der Waals surface area contributed by atoms with Crippen LogP contribution >= 0.6 is 0 Å². The van der Waals surface area contributed by atoms with Crippen molar-refractivity contribution in [3.63, 3.8) is 0 Å². The minimum absolute atomic E-state index is 0.0675. The van der Waals surface area contributed by atoms with E-state index in [1.54, 1.807) is 6.08 Å². The molecule has 0 radical (unpaired) electrons. The van der Waals surface area contributed by atoms with Gasteiger partial charge in [-0.15, -0.1) is 0 Å². The minimum Gasteiger partial charge on any atom is -0.375 e. The lowest BCUT2D eigenvalue weighted by Crippen LogP contribution is -2.41. The number of piperazine rings is 1. The number of halogens is 1. The van der Waals surface area contributed by atoms with Gasteiger partial charge in [0.2, 0.25) is 0 Å². The first-order chi connectivity index (χ1) is 9.11. The summed E-state index contributed by atoms with van der Waals surface area (Å²) >= 11 is 0. The van der Waals surface area contributed by atoms with Crippen LogP contribution in [0.5, 0.6) is 0 Å². The molecule has 2 heterocycles. The summed E-state index contributed by atoms with van der Waals surface area (Å²) in [4.78, 5) is 27.0. The predicted octanol–water partition coefficient (Wildman–Crippen LogP) is 0.184. The normalized spacial score (nSPS) is 22.1. The molecular formula is C13H16FN3O2. The van der Waals surface area contributed by atoms with Gasteiger partial charge in [0.1, 0.15) is 0 Å². The molecule has 0 atom stereocenters. The minimum atomic E-state index is -0.717. The lowest BCUT2D eigenvalue weighted by atomic mass is 10.1. The second-order valence-corrected chi connectivity index (χ2v) is 4.56. The van der Waals surface area contributed by atoms with E-state index in [1.807, 2.05) is 6.20 Å². The third-order valence-corrected chi connectivity index (χ3v) is 3.21. The topological polar surface area (TPSA) is 52.7 Å². The molecule has 0 saturated carbocycles. The number of allylic oxidation sites excluding steroid dienone is 2. The molecule has 2 aliphatic rings. The molecule has 102 valence electrons. The molecule has 0 spiro atoms. The highest BCUT2D eigenvalue weighted by Crippen LogP contribution is 2.14. The molecule has 1 fully saturated rings. The summed E-state index contributed by atoms with van der Waals surface area (Å²) in [6.45, 7) is 3.70. The predicted molar refractivity (Wildman–Crippen MR) is 68.6 cm³/mol. The van der Waals surface area contributed by atoms with Crippen LogP contribution in [-0.4, -0.2) is 54.7 Å². The maximum absolute atomic E-state index is 12.2. The van der Waals surface area contributed by atoms with Crippen LogP contribution in [0, 0.1) is 0 Å². The van der Waals surface area contributed by atoms with Crippen molar-refractivity contribution in [1.82, 2.24) is 15.1 Å². The Morgan fingerprint density at radius 3 is 2.47 bits per heavy atom. The van der Waals surface area contributed by atoms with E-state index in [0.29, 0.717) is 5.70 Å². The number of likely N-dealkylation sites (N-methyl/N-ethyl adjacent to an activating group) is 1. The van der Waals surface area contributed by atoms with Crippen LogP contribution in [0.4, 0.5) is 4.39 Å². The van der Waals surface area contributed by atoms with Crippen molar-refractivity contribution in [2.75, 3.05) is 33.2 Å². The van der Waals surface area contributed by atoms with Gasteiger partial charge >= 0.3 is 0 Å². The van der Waals surface area contributed by atoms with Crippen LogP contribution in [0.1, 0.15) is 0 Å². The van der Waals surface area contributed by atoms with Crippen LogP contribution in [0.3, 0.4) is 0 Å². The number of ketones is 1. The van der Waals surface area contributed by atoms with Crippen LogP contribution in [-0.2, 0) is 9.59 Å². The van der Waals surface area contributed by atoms with Gasteiger partial charge in [0.15, 0.2) is 0 Å². The van der Waals surface area contributed by atoms with Crippen molar-refractivity contribution in [3.8, 4) is 0 Å². The lowest BCUT2D eigenvalue weighted by molar-refractivity contribution is -0.134. The number of Topliss-reactive ketones (excluding diaryl/α,β-unsaturated/α-hetero) is 1. The first-order valence-electron chi connectivity index (χ1n) is 6.09. The Labute approximate surface area is 111 Å². The Bertz CT molecular complexity index is 474. The Morgan fingerprint density at radius 1 is 1.16 bits per heavy atom. The van der Waals surface area contributed by atoms with Gasteiger partial charge in [-0.25, -0.2) is 4.39 Å². The molecular weight excluding hydrogens is 249 g/mol. The molecule has 2 rings (SSSR count). The summed E-state index contributed by atoms with van der Waals surface area (Å²) in [7, 11) is 2.06. The third-order valence-electron chi connectivity index (χ3n) is 3.21. The summed E-state index contributed by atoms with van der Waals surface area (Å²) in [6.07, 6.45) is 4.73. The molecule has 0 aliphatic carbocycles. The number of rotatable bonds is 3. The van der Waals surface area contributed by atoms with Gasteiger partial charge in [-0.3, -0.25) is 9.59 Å². The highest BCUT2D eigenvalue weighted by atomic mass is 19.1. The van der Waals surface area contributed by atoms with Crippen molar-refractivity contribution in [2.24, 2.45) is 0 Å². The zero-order valence-electron chi connectivity index (χ0n) is 10.7. The van der Waals surface area contributed by atoms with E-state index in [-0.39, 0.29) is 11.9 Å². The van der Waals surface area contributed by atoms with E-state index >= 15 is 0 Å². The van der Waals surface area contributed by atoms with E-state index in [9.17, 15) is 14.0 Å². The number of carbonyl (C=O) groups is 2. The van der Waals surface area contributed by atoms with Crippen LogP contribution in [0.15, 0.2) is 36.0 Å². The van der Waals surface area contributed by atoms with E-state index in [4.69, 9.17) is 0 Å². The molecule has 0 aromatic rings. The quantitative estimate of drug-likeness (QED) is 0.740.